The molecule has 2 aromatic carbocycles. The highest BCUT2D eigenvalue weighted by molar-refractivity contribution is 7.09. The molecule has 160 valence electrons. The number of aryl methyl sites for hydroxylation is 1. The molecule has 0 aliphatic heterocycles. The number of hydrogen-bond acceptors (Lipinski definition) is 3. The zero-order valence-electron chi connectivity index (χ0n) is 17.9. The molecule has 4 nitrogen and oxygen atoms in total. The summed E-state index contributed by atoms with van der Waals surface area (Å²) in [6.07, 6.45) is 2.58. The summed E-state index contributed by atoms with van der Waals surface area (Å²) in [5.41, 5.74) is 2.82. The Morgan fingerprint density at radius 1 is 0.903 bits per heavy atom. The number of benzene rings is 2. The van der Waals surface area contributed by atoms with E-state index in [1.807, 2.05) is 77.0 Å². The van der Waals surface area contributed by atoms with Crippen LogP contribution in [-0.4, -0.2) is 34.7 Å². The molecular weight excluding hydrogens is 404 g/mol. The second-order valence-electron chi connectivity index (χ2n) is 7.34. The monoisotopic (exact) mass is 432 g/mol. The van der Waals surface area contributed by atoms with E-state index in [-0.39, 0.29) is 18.4 Å². The summed E-state index contributed by atoms with van der Waals surface area (Å²) in [7, 11) is 0. The molecule has 0 saturated heterocycles. The summed E-state index contributed by atoms with van der Waals surface area (Å²) in [6, 6.07) is 21.5. The molecule has 0 aliphatic carbocycles. The van der Waals surface area contributed by atoms with E-state index in [0.717, 1.165) is 16.9 Å². The van der Waals surface area contributed by atoms with Gasteiger partial charge in [-0.2, -0.15) is 0 Å². The van der Waals surface area contributed by atoms with Crippen molar-refractivity contribution < 1.29 is 9.59 Å². The molecule has 3 aromatic rings. The fraction of sp³-hybridized carbons (Fsp3) is 0.231. The predicted molar refractivity (Wildman–Crippen MR) is 127 cm³/mol. The van der Waals surface area contributed by atoms with Crippen LogP contribution in [0.25, 0.3) is 0 Å². The Labute approximate surface area is 188 Å². The molecule has 5 heteroatoms. The Bertz CT molecular complexity index is 982. The van der Waals surface area contributed by atoms with Crippen molar-refractivity contribution >= 4 is 23.2 Å². The van der Waals surface area contributed by atoms with Crippen molar-refractivity contribution in [3.63, 3.8) is 0 Å². The minimum Gasteiger partial charge on any atom is -0.332 e. The highest BCUT2D eigenvalue weighted by Crippen LogP contribution is 2.16. The van der Waals surface area contributed by atoms with Crippen molar-refractivity contribution in [2.45, 2.75) is 26.4 Å². The fourth-order valence-electron chi connectivity index (χ4n) is 3.33. The zero-order valence-corrected chi connectivity index (χ0v) is 18.7. The number of carbonyl (C=O) groups excluding carboxylic acids is 2. The van der Waals surface area contributed by atoms with Crippen molar-refractivity contribution in [3.8, 4) is 0 Å². The van der Waals surface area contributed by atoms with Crippen LogP contribution in [0.15, 0.2) is 84.8 Å². The molecule has 0 unspecified atom stereocenters. The van der Waals surface area contributed by atoms with Crippen LogP contribution < -0.4 is 0 Å². The van der Waals surface area contributed by atoms with Gasteiger partial charge in [-0.1, -0.05) is 61.5 Å². The van der Waals surface area contributed by atoms with Gasteiger partial charge in [0.1, 0.15) is 6.54 Å². The van der Waals surface area contributed by atoms with Gasteiger partial charge in [0.25, 0.3) is 5.91 Å². The molecule has 0 fully saturated rings. The number of thiophene rings is 1. The summed E-state index contributed by atoms with van der Waals surface area (Å²) in [6.45, 7) is 7.19. The smallest absolute Gasteiger partial charge is 0.254 e. The van der Waals surface area contributed by atoms with Crippen LogP contribution >= 0.6 is 11.3 Å². The number of rotatable bonds is 10. The highest BCUT2D eigenvalue weighted by Gasteiger charge is 2.22. The lowest BCUT2D eigenvalue weighted by Crippen LogP contribution is -2.42. The lowest BCUT2D eigenvalue weighted by atomic mass is 10.1. The van der Waals surface area contributed by atoms with Crippen molar-refractivity contribution in [2.24, 2.45) is 0 Å². The van der Waals surface area contributed by atoms with Crippen LogP contribution in [0.3, 0.4) is 0 Å². The first-order chi connectivity index (χ1) is 15.1. The highest BCUT2D eigenvalue weighted by atomic mass is 32.1. The SMILES string of the molecule is C=CCN(CC(=O)N(Cc1ccccc1)Cc1cccs1)C(=O)c1ccc(CC)cc1. The summed E-state index contributed by atoms with van der Waals surface area (Å²) in [4.78, 5) is 30.9. The third-order valence-corrected chi connectivity index (χ3v) is 5.93. The Morgan fingerprint density at radius 2 is 1.65 bits per heavy atom. The minimum atomic E-state index is -0.160. The topological polar surface area (TPSA) is 40.6 Å². The van der Waals surface area contributed by atoms with Gasteiger partial charge in [0.15, 0.2) is 0 Å². The van der Waals surface area contributed by atoms with Crippen LogP contribution in [0.2, 0.25) is 0 Å². The Kier molecular flexibility index (Phi) is 8.19. The normalized spacial score (nSPS) is 10.5. The lowest BCUT2D eigenvalue weighted by molar-refractivity contribution is -0.133. The van der Waals surface area contributed by atoms with Crippen LogP contribution in [-0.2, 0) is 24.3 Å². The molecule has 0 saturated carbocycles. The van der Waals surface area contributed by atoms with Crippen molar-refractivity contribution in [3.05, 3.63) is 106 Å². The van der Waals surface area contributed by atoms with Gasteiger partial charge in [-0.15, -0.1) is 17.9 Å². The van der Waals surface area contributed by atoms with Gasteiger partial charge in [-0.3, -0.25) is 9.59 Å². The van der Waals surface area contributed by atoms with Crippen LogP contribution in [0.5, 0.6) is 0 Å². The molecule has 0 radical (unpaired) electrons. The standard InChI is InChI=1S/C26H28N2O2S/c1-3-16-27(26(30)23-14-12-21(4-2)13-15-23)20-25(29)28(19-24-11-8-17-31-24)18-22-9-6-5-7-10-22/h3,5-15,17H,1,4,16,18-20H2,2H3. The van der Waals surface area contributed by atoms with Crippen LogP contribution in [0.4, 0.5) is 0 Å². The third kappa shape index (κ3) is 6.40. The quantitative estimate of drug-likeness (QED) is 0.415. The second-order valence-corrected chi connectivity index (χ2v) is 8.37. The number of hydrogen-bond donors (Lipinski definition) is 0. The second kappa shape index (κ2) is 11.3. The molecule has 1 heterocycles. The van der Waals surface area contributed by atoms with E-state index >= 15 is 0 Å². The Hall–Kier alpha value is -3.18. The molecule has 0 bridgehead atoms. The van der Waals surface area contributed by atoms with E-state index in [1.165, 1.54) is 5.56 Å². The molecule has 2 amide bonds. The summed E-state index contributed by atoms with van der Waals surface area (Å²) < 4.78 is 0. The van der Waals surface area contributed by atoms with Crippen LogP contribution in [0, 0.1) is 0 Å². The average molecular weight is 433 g/mol. The maximum absolute atomic E-state index is 13.3. The van der Waals surface area contributed by atoms with Crippen molar-refractivity contribution in [1.82, 2.24) is 9.80 Å². The third-order valence-electron chi connectivity index (χ3n) is 5.07. The number of amides is 2. The van der Waals surface area contributed by atoms with Crippen LogP contribution in [0.1, 0.15) is 33.3 Å². The van der Waals surface area contributed by atoms with Gasteiger partial charge >= 0.3 is 0 Å². The summed E-state index contributed by atoms with van der Waals surface area (Å²) >= 11 is 1.62. The molecular formula is C26H28N2O2S. The first kappa shape index (κ1) is 22.5. The maximum Gasteiger partial charge on any atom is 0.254 e. The number of carbonyl (C=O) groups is 2. The van der Waals surface area contributed by atoms with Gasteiger partial charge in [-0.25, -0.2) is 0 Å². The van der Waals surface area contributed by atoms with Gasteiger partial charge in [0.05, 0.1) is 6.54 Å². The predicted octanol–water partition coefficient (Wildman–Crippen LogP) is 5.17. The minimum absolute atomic E-state index is 0.0125. The fourth-order valence-corrected chi connectivity index (χ4v) is 4.05. The van der Waals surface area contributed by atoms with E-state index in [2.05, 4.69) is 13.5 Å². The van der Waals surface area contributed by atoms with E-state index in [0.29, 0.717) is 25.2 Å². The molecule has 3 rings (SSSR count). The van der Waals surface area contributed by atoms with Gasteiger partial charge in [0.2, 0.25) is 5.91 Å². The lowest BCUT2D eigenvalue weighted by Gasteiger charge is -2.27. The molecule has 31 heavy (non-hydrogen) atoms. The molecule has 0 atom stereocenters. The van der Waals surface area contributed by atoms with Crippen molar-refractivity contribution in [1.29, 1.82) is 0 Å². The van der Waals surface area contributed by atoms with E-state index < -0.39 is 0 Å². The van der Waals surface area contributed by atoms with E-state index in [1.54, 1.807) is 22.3 Å². The number of nitrogens with zero attached hydrogens (tertiary/aromatic N) is 2. The van der Waals surface area contributed by atoms with Gasteiger partial charge < -0.3 is 9.80 Å². The largest absolute Gasteiger partial charge is 0.332 e. The van der Waals surface area contributed by atoms with E-state index in [9.17, 15) is 9.59 Å². The van der Waals surface area contributed by atoms with Crippen molar-refractivity contribution in [2.75, 3.05) is 13.1 Å². The molecule has 0 N–H and O–H groups in total. The first-order valence-corrected chi connectivity index (χ1v) is 11.3. The molecule has 0 spiro atoms. The maximum atomic E-state index is 13.3. The van der Waals surface area contributed by atoms with E-state index in [4.69, 9.17) is 0 Å². The Morgan fingerprint density at radius 3 is 2.26 bits per heavy atom. The zero-order chi connectivity index (χ0) is 22.1. The average Bonchev–Trinajstić information content (AvgIpc) is 3.32. The van der Waals surface area contributed by atoms with Gasteiger partial charge in [-0.05, 0) is 41.1 Å². The van der Waals surface area contributed by atoms with Gasteiger partial charge in [0, 0.05) is 23.5 Å². The Balaban J connectivity index is 1.77. The summed E-state index contributed by atoms with van der Waals surface area (Å²) in [5.74, 6) is -0.246. The molecule has 0 aliphatic rings. The molecule has 1 aromatic heterocycles. The summed E-state index contributed by atoms with van der Waals surface area (Å²) in [5, 5.41) is 2.01. The first-order valence-electron chi connectivity index (χ1n) is 10.4.